The lowest BCUT2D eigenvalue weighted by atomic mass is 9.92. The molecule has 28 heavy (non-hydrogen) atoms. The fraction of sp³-hybridized carbons (Fsp3) is 0.500. The van der Waals surface area contributed by atoms with Crippen molar-refractivity contribution in [2.45, 2.75) is 18.8 Å². The molecule has 1 amide bonds. The molecule has 0 spiro atoms. The molecule has 0 saturated carbocycles. The van der Waals surface area contributed by atoms with E-state index < -0.39 is 0 Å². The zero-order valence-electron chi connectivity index (χ0n) is 16.2. The number of nitrogens with one attached hydrogen (secondary N) is 2. The molecule has 3 heterocycles. The van der Waals surface area contributed by atoms with Gasteiger partial charge in [0.25, 0.3) is 5.91 Å². The van der Waals surface area contributed by atoms with Crippen LogP contribution in [0.4, 0.5) is 5.69 Å². The van der Waals surface area contributed by atoms with E-state index in [1.165, 1.54) is 5.69 Å². The van der Waals surface area contributed by atoms with Gasteiger partial charge in [-0.05, 0) is 50.2 Å². The van der Waals surface area contributed by atoms with E-state index in [9.17, 15) is 4.79 Å². The number of nitrogens with zero attached hydrogens (tertiary/aromatic N) is 3. The summed E-state index contributed by atoms with van der Waals surface area (Å²) < 4.78 is 5.22. The van der Waals surface area contributed by atoms with Crippen molar-refractivity contribution in [3.63, 3.8) is 0 Å². The number of piperazine rings is 1. The van der Waals surface area contributed by atoms with E-state index in [4.69, 9.17) is 4.74 Å². The number of aromatic nitrogens is 2. The minimum Gasteiger partial charge on any atom is -0.497 e. The number of rotatable bonds is 4. The van der Waals surface area contributed by atoms with E-state index in [2.05, 4.69) is 32.5 Å². The molecule has 0 bridgehead atoms. The SMILES string of the molecule is COc1ccc(N2CCN(C(=O)c3cn[nH]c3C3CCNCC3)CC2)cc1.Cl. The second kappa shape index (κ2) is 9.30. The van der Waals surface area contributed by atoms with Crippen LogP contribution < -0.4 is 15.0 Å². The first-order chi connectivity index (χ1) is 13.3. The maximum Gasteiger partial charge on any atom is 0.257 e. The minimum atomic E-state index is 0. The molecule has 2 saturated heterocycles. The number of halogens is 1. The van der Waals surface area contributed by atoms with Gasteiger partial charge < -0.3 is 19.9 Å². The predicted octanol–water partition coefficient (Wildman–Crippen LogP) is 2.27. The fourth-order valence-corrected chi connectivity index (χ4v) is 4.02. The van der Waals surface area contributed by atoms with Gasteiger partial charge in [0.15, 0.2) is 0 Å². The Labute approximate surface area is 171 Å². The van der Waals surface area contributed by atoms with Crippen LogP contribution >= 0.6 is 12.4 Å². The number of anilines is 1. The molecule has 2 aliphatic heterocycles. The highest BCUT2D eigenvalue weighted by Gasteiger charge is 2.28. The Kier molecular flexibility index (Phi) is 6.80. The number of carbonyl (C=O) groups is 1. The van der Waals surface area contributed by atoms with Crippen LogP contribution in [-0.4, -0.2) is 67.4 Å². The van der Waals surface area contributed by atoms with Gasteiger partial charge in [0.1, 0.15) is 5.75 Å². The molecule has 1 aromatic heterocycles. The molecule has 2 fully saturated rings. The number of H-pyrrole nitrogens is 1. The van der Waals surface area contributed by atoms with Crippen LogP contribution in [0.1, 0.15) is 34.8 Å². The number of methoxy groups -OCH3 is 1. The van der Waals surface area contributed by atoms with Gasteiger partial charge in [-0.3, -0.25) is 9.89 Å². The van der Waals surface area contributed by atoms with Gasteiger partial charge in [-0.1, -0.05) is 0 Å². The average molecular weight is 406 g/mol. The summed E-state index contributed by atoms with van der Waals surface area (Å²) in [4.78, 5) is 17.3. The standard InChI is InChI=1S/C20H27N5O2.ClH/c1-27-17-4-2-16(3-5-17)24-10-12-25(13-11-24)20(26)18-14-22-23-19(18)15-6-8-21-9-7-15;/h2-5,14-15,21H,6-13H2,1H3,(H,22,23);1H. The maximum atomic E-state index is 13.1. The van der Waals surface area contributed by atoms with Crippen molar-refractivity contribution < 1.29 is 9.53 Å². The summed E-state index contributed by atoms with van der Waals surface area (Å²) in [5.41, 5.74) is 2.93. The van der Waals surface area contributed by atoms with Crippen molar-refractivity contribution in [3.05, 3.63) is 41.7 Å². The molecular weight excluding hydrogens is 378 g/mol. The third-order valence-corrected chi connectivity index (χ3v) is 5.65. The molecule has 2 aromatic rings. The first-order valence-electron chi connectivity index (χ1n) is 9.68. The van der Waals surface area contributed by atoms with Crippen molar-refractivity contribution in [2.24, 2.45) is 0 Å². The third-order valence-electron chi connectivity index (χ3n) is 5.65. The van der Waals surface area contributed by atoms with E-state index in [0.717, 1.165) is 69.1 Å². The van der Waals surface area contributed by atoms with E-state index in [1.54, 1.807) is 13.3 Å². The Morgan fingerprint density at radius 3 is 2.43 bits per heavy atom. The molecule has 7 nitrogen and oxygen atoms in total. The van der Waals surface area contributed by atoms with Gasteiger partial charge in [-0.2, -0.15) is 5.10 Å². The molecular formula is C20H28ClN5O2. The highest BCUT2D eigenvalue weighted by molar-refractivity contribution is 5.95. The molecule has 0 atom stereocenters. The van der Waals surface area contributed by atoms with Crippen molar-refractivity contribution in [1.82, 2.24) is 20.4 Å². The second-order valence-corrected chi connectivity index (χ2v) is 7.20. The zero-order valence-corrected chi connectivity index (χ0v) is 17.0. The number of piperidine rings is 1. The summed E-state index contributed by atoms with van der Waals surface area (Å²) in [6, 6.07) is 8.09. The molecule has 0 unspecified atom stereocenters. The topological polar surface area (TPSA) is 73.5 Å². The van der Waals surface area contributed by atoms with Crippen LogP contribution in [0.2, 0.25) is 0 Å². The van der Waals surface area contributed by atoms with Crippen LogP contribution in [0.5, 0.6) is 5.75 Å². The number of amides is 1. The second-order valence-electron chi connectivity index (χ2n) is 7.20. The van der Waals surface area contributed by atoms with Gasteiger partial charge in [0.05, 0.1) is 24.6 Å². The Hall–Kier alpha value is -2.25. The lowest BCUT2D eigenvalue weighted by Crippen LogP contribution is -2.49. The molecule has 152 valence electrons. The lowest BCUT2D eigenvalue weighted by molar-refractivity contribution is 0.0745. The normalized spacial score (nSPS) is 17.9. The number of ether oxygens (including phenoxy) is 1. The van der Waals surface area contributed by atoms with Crippen molar-refractivity contribution in [3.8, 4) is 5.75 Å². The summed E-state index contributed by atoms with van der Waals surface area (Å²) in [7, 11) is 1.67. The number of hydrogen-bond donors (Lipinski definition) is 2. The lowest BCUT2D eigenvalue weighted by Gasteiger charge is -2.36. The summed E-state index contributed by atoms with van der Waals surface area (Å²) in [5.74, 6) is 1.36. The third kappa shape index (κ3) is 4.25. The number of carbonyl (C=O) groups excluding carboxylic acids is 1. The molecule has 0 radical (unpaired) electrons. The minimum absolute atomic E-state index is 0. The fourth-order valence-electron chi connectivity index (χ4n) is 4.02. The number of hydrogen-bond acceptors (Lipinski definition) is 5. The Morgan fingerprint density at radius 1 is 1.11 bits per heavy atom. The molecule has 1 aromatic carbocycles. The summed E-state index contributed by atoms with van der Waals surface area (Å²) in [6.07, 6.45) is 3.80. The first kappa shape index (κ1) is 20.5. The van der Waals surface area contributed by atoms with Crippen LogP contribution in [0.3, 0.4) is 0 Å². The van der Waals surface area contributed by atoms with Gasteiger partial charge in [0, 0.05) is 37.8 Å². The molecule has 2 N–H and O–H groups in total. The van der Waals surface area contributed by atoms with E-state index in [1.807, 2.05) is 17.0 Å². The summed E-state index contributed by atoms with van der Waals surface area (Å²) in [5, 5.41) is 10.6. The number of aromatic amines is 1. The highest BCUT2D eigenvalue weighted by Crippen LogP contribution is 2.27. The molecule has 4 rings (SSSR count). The first-order valence-corrected chi connectivity index (χ1v) is 9.68. The largest absolute Gasteiger partial charge is 0.497 e. The molecule has 2 aliphatic rings. The zero-order chi connectivity index (χ0) is 18.6. The van der Waals surface area contributed by atoms with Gasteiger partial charge >= 0.3 is 0 Å². The van der Waals surface area contributed by atoms with Gasteiger partial charge in [0.2, 0.25) is 0 Å². The quantitative estimate of drug-likeness (QED) is 0.816. The van der Waals surface area contributed by atoms with Crippen molar-refractivity contribution in [1.29, 1.82) is 0 Å². The molecule has 8 heteroatoms. The van der Waals surface area contributed by atoms with Gasteiger partial charge in [-0.15, -0.1) is 12.4 Å². The average Bonchev–Trinajstić information content (AvgIpc) is 3.24. The van der Waals surface area contributed by atoms with Crippen LogP contribution in [0.25, 0.3) is 0 Å². The van der Waals surface area contributed by atoms with Crippen LogP contribution in [0, 0.1) is 0 Å². The van der Waals surface area contributed by atoms with E-state index in [0.29, 0.717) is 5.92 Å². The van der Waals surface area contributed by atoms with E-state index >= 15 is 0 Å². The predicted molar refractivity (Wildman–Crippen MR) is 112 cm³/mol. The van der Waals surface area contributed by atoms with Crippen molar-refractivity contribution in [2.75, 3.05) is 51.3 Å². The summed E-state index contributed by atoms with van der Waals surface area (Å²) >= 11 is 0. The van der Waals surface area contributed by atoms with Crippen LogP contribution in [-0.2, 0) is 0 Å². The van der Waals surface area contributed by atoms with Crippen molar-refractivity contribution >= 4 is 24.0 Å². The highest BCUT2D eigenvalue weighted by atomic mass is 35.5. The molecule has 0 aliphatic carbocycles. The smallest absolute Gasteiger partial charge is 0.257 e. The monoisotopic (exact) mass is 405 g/mol. The Balaban J connectivity index is 0.00000225. The Morgan fingerprint density at radius 2 is 1.79 bits per heavy atom. The van der Waals surface area contributed by atoms with Gasteiger partial charge in [-0.25, -0.2) is 0 Å². The number of benzene rings is 1. The maximum absolute atomic E-state index is 13.1. The van der Waals surface area contributed by atoms with Crippen LogP contribution in [0.15, 0.2) is 30.5 Å². The summed E-state index contributed by atoms with van der Waals surface area (Å²) in [6.45, 7) is 5.11. The van der Waals surface area contributed by atoms with E-state index in [-0.39, 0.29) is 18.3 Å². The Bertz CT molecular complexity index is 765.